The highest BCUT2D eigenvalue weighted by Gasteiger charge is 2.51. The van der Waals surface area contributed by atoms with Crippen molar-refractivity contribution in [3.8, 4) is 0 Å². The number of hydrogen-bond acceptors (Lipinski definition) is 5. The van der Waals surface area contributed by atoms with Crippen LogP contribution in [0.3, 0.4) is 0 Å². The normalized spacial score (nSPS) is 21.9. The predicted octanol–water partition coefficient (Wildman–Crippen LogP) is 1.73. The Morgan fingerprint density at radius 2 is 2.33 bits per heavy atom. The van der Waals surface area contributed by atoms with Crippen LogP contribution in [0.5, 0.6) is 0 Å². The molecule has 0 bridgehead atoms. The van der Waals surface area contributed by atoms with Gasteiger partial charge in [0.15, 0.2) is 0 Å². The molecular formula is C17H20N4O2S. The number of aryl methyl sites for hydroxylation is 1. The van der Waals surface area contributed by atoms with Crippen LogP contribution in [0.4, 0.5) is 0 Å². The fraction of sp³-hybridized carbons (Fsp3) is 0.471. The zero-order chi connectivity index (χ0) is 16.6. The number of pyridine rings is 1. The smallest absolute Gasteiger partial charge is 0.257 e. The summed E-state index contributed by atoms with van der Waals surface area (Å²) < 4.78 is 7.87. The second-order valence-electron chi connectivity index (χ2n) is 6.56. The van der Waals surface area contributed by atoms with Gasteiger partial charge in [0, 0.05) is 44.5 Å². The Labute approximate surface area is 145 Å². The molecule has 2 aliphatic heterocycles. The number of rotatable bonds is 4. The molecular weight excluding hydrogens is 324 g/mol. The highest BCUT2D eigenvalue weighted by atomic mass is 32.2. The summed E-state index contributed by atoms with van der Waals surface area (Å²) in [6, 6.07) is 3.96. The number of amides is 1. The number of carbonyl (C=O) groups excluding carboxylic acids is 1. The van der Waals surface area contributed by atoms with Crippen molar-refractivity contribution >= 4 is 17.7 Å². The van der Waals surface area contributed by atoms with Crippen LogP contribution in [0, 0.1) is 0 Å². The number of ether oxygens (including phenoxy) is 1. The summed E-state index contributed by atoms with van der Waals surface area (Å²) in [6.45, 7) is 2.21. The van der Waals surface area contributed by atoms with E-state index < -0.39 is 0 Å². The van der Waals surface area contributed by atoms with E-state index in [2.05, 4.69) is 10.1 Å². The van der Waals surface area contributed by atoms with Crippen molar-refractivity contribution in [1.82, 2.24) is 19.7 Å². The first kappa shape index (κ1) is 15.7. The maximum absolute atomic E-state index is 12.4. The fourth-order valence-electron chi connectivity index (χ4n) is 3.33. The Balaban J connectivity index is 1.28. The number of nitrogens with zero attached hydrogens (tertiary/aromatic N) is 4. The first-order valence-electron chi connectivity index (χ1n) is 8.06. The van der Waals surface area contributed by atoms with Crippen LogP contribution in [-0.4, -0.2) is 55.3 Å². The first-order chi connectivity index (χ1) is 11.6. The van der Waals surface area contributed by atoms with E-state index in [1.165, 1.54) is 0 Å². The van der Waals surface area contributed by atoms with E-state index in [0.29, 0.717) is 12.2 Å². The molecule has 1 unspecified atom stereocenters. The lowest BCUT2D eigenvalue weighted by Gasteiger charge is -2.47. The Kier molecular flexibility index (Phi) is 4.05. The standard InChI is InChI=1S/C17H20N4O2S/c1-20-8-14(7-19-20)16(22)21-11-17(12-21)5-15(10-24-17)23-9-13-3-2-4-18-6-13/h2-4,6-8,15H,5,9-12H2,1H3. The van der Waals surface area contributed by atoms with E-state index in [9.17, 15) is 4.79 Å². The zero-order valence-electron chi connectivity index (χ0n) is 13.6. The van der Waals surface area contributed by atoms with Gasteiger partial charge in [-0.2, -0.15) is 5.10 Å². The van der Waals surface area contributed by atoms with Gasteiger partial charge in [0.05, 0.1) is 29.2 Å². The highest BCUT2D eigenvalue weighted by Crippen LogP contribution is 2.46. The van der Waals surface area contributed by atoms with E-state index in [0.717, 1.165) is 30.8 Å². The molecule has 2 aromatic rings. The van der Waals surface area contributed by atoms with Gasteiger partial charge in [-0.25, -0.2) is 0 Å². The third kappa shape index (κ3) is 3.06. The van der Waals surface area contributed by atoms with Crippen molar-refractivity contribution in [3.63, 3.8) is 0 Å². The molecule has 4 heterocycles. The molecule has 1 atom stereocenters. The lowest BCUT2D eigenvalue weighted by Crippen LogP contribution is -2.60. The van der Waals surface area contributed by atoms with Crippen molar-refractivity contribution in [1.29, 1.82) is 0 Å². The topological polar surface area (TPSA) is 60.2 Å². The van der Waals surface area contributed by atoms with Crippen LogP contribution >= 0.6 is 11.8 Å². The van der Waals surface area contributed by atoms with Gasteiger partial charge in [-0.3, -0.25) is 14.5 Å². The van der Waals surface area contributed by atoms with E-state index in [1.54, 1.807) is 23.3 Å². The average molecular weight is 344 g/mol. The molecule has 6 nitrogen and oxygen atoms in total. The Bertz CT molecular complexity index is 727. The number of thioether (sulfide) groups is 1. The van der Waals surface area contributed by atoms with Crippen molar-refractivity contribution < 1.29 is 9.53 Å². The zero-order valence-corrected chi connectivity index (χ0v) is 14.4. The van der Waals surface area contributed by atoms with E-state index >= 15 is 0 Å². The van der Waals surface area contributed by atoms with Gasteiger partial charge in [-0.05, 0) is 18.1 Å². The minimum absolute atomic E-state index is 0.0778. The van der Waals surface area contributed by atoms with E-state index in [-0.39, 0.29) is 16.8 Å². The van der Waals surface area contributed by atoms with Gasteiger partial charge in [0.2, 0.25) is 0 Å². The lowest BCUT2D eigenvalue weighted by molar-refractivity contribution is 0.0254. The second kappa shape index (κ2) is 6.22. The van der Waals surface area contributed by atoms with Gasteiger partial charge in [0.1, 0.15) is 0 Å². The monoisotopic (exact) mass is 344 g/mol. The molecule has 0 aromatic carbocycles. The molecule has 1 amide bonds. The molecule has 24 heavy (non-hydrogen) atoms. The summed E-state index contributed by atoms with van der Waals surface area (Å²) in [4.78, 5) is 18.4. The molecule has 0 radical (unpaired) electrons. The van der Waals surface area contributed by atoms with Crippen molar-refractivity contribution in [2.45, 2.75) is 23.9 Å². The summed E-state index contributed by atoms with van der Waals surface area (Å²) in [5.74, 6) is 1.07. The largest absolute Gasteiger partial charge is 0.373 e. The lowest BCUT2D eigenvalue weighted by atomic mass is 9.92. The summed E-state index contributed by atoms with van der Waals surface area (Å²) in [5.41, 5.74) is 1.77. The van der Waals surface area contributed by atoms with Crippen LogP contribution < -0.4 is 0 Å². The fourth-order valence-corrected chi connectivity index (χ4v) is 4.89. The number of likely N-dealkylation sites (tertiary alicyclic amines) is 1. The van der Waals surface area contributed by atoms with Gasteiger partial charge in [0.25, 0.3) is 5.91 Å². The highest BCUT2D eigenvalue weighted by molar-refractivity contribution is 8.01. The van der Waals surface area contributed by atoms with Crippen molar-refractivity contribution in [2.75, 3.05) is 18.8 Å². The summed E-state index contributed by atoms with van der Waals surface area (Å²) in [7, 11) is 1.82. The number of hydrogen-bond donors (Lipinski definition) is 0. The van der Waals surface area contributed by atoms with Gasteiger partial charge >= 0.3 is 0 Å². The second-order valence-corrected chi connectivity index (χ2v) is 8.04. The third-order valence-electron chi connectivity index (χ3n) is 4.58. The molecule has 126 valence electrons. The summed E-state index contributed by atoms with van der Waals surface area (Å²) in [5, 5.41) is 4.07. The molecule has 2 fully saturated rings. The SMILES string of the molecule is Cn1cc(C(=O)N2CC3(CC(OCc4cccnc4)CS3)C2)cn1. The number of carbonyl (C=O) groups is 1. The van der Waals surface area contributed by atoms with Gasteiger partial charge < -0.3 is 9.64 Å². The predicted molar refractivity (Wildman–Crippen MR) is 91.7 cm³/mol. The van der Waals surface area contributed by atoms with Crippen LogP contribution in [0.1, 0.15) is 22.3 Å². The molecule has 0 saturated carbocycles. The maximum atomic E-state index is 12.4. The molecule has 4 rings (SSSR count). The number of aromatic nitrogens is 3. The quantitative estimate of drug-likeness (QED) is 0.845. The minimum atomic E-state index is 0.0778. The van der Waals surface area contributed by atoms with Crippen LogP contribution in [0.15, 0.2) is 36.9 Å². The van der Waals surface area contributed by atoms with E-state index in [1.807, 2.05) is 42.0 Å². The first-order valence-corrected chi connectivity index (χ1v) is 9.05. The van der Waals surface area contributed by atoms with Gasteiger partial charge in [-0.1, -0.05) is 6.07 Å². The molecule has 7 heteroatoms. The van der Waals surface area contributed by atoms with Crippen LogP contribution in [0.2, 0.25) is 0 Å². The Morgan fingerprint density at radius 3 is 3.04 bits per heavy atom. The maximum Gasteiger partial charge on any atom is 0.257 e. The molecule has 2 aromatic heterocycles. The molecule has 2 saturated heterocycles. The van der Waals surface area contributed by atoms with E-state index in [4.69, 9.17) is 4.74 Å². The molecule has 0 N–H and O–H groups in total. The molecule has 2 aliphatic rings. The summed E-state index contributed by atoms with van der Waals surface area (Å²) in [6.07, 6.45) is 8.28. The average Bonchev–Trinajstić information content (AvgIpc) is 3.18. The van der Waals surface area contributed by atoms with Crippen molar-refractivity contribution in [2.24, 2.45) is 7.05 Å². The molecule has 1 spiro atoms. The minimum Gasteiger partial charge on any atom is -0.373 e. The van der Waals surface area contributed by atoms with Gasteiger partial charge in [-0.15, -0.1) is 11.8 Å². The summed E-state index contributed by atoms with van der Waals surface area (Å²) >= 11 is 1.94. The Hall–Kier alpha value is -1.86. The van der Waals surface area contributed by atoms with Crippen molar-refractivity contribution in [3.05, 3.63) is 48.0 Å². The van der Waals surface area contributed by atoms with Crippen LogP contribution in [0.25, 0.3) is 0 Å². The molecule has 0 aliphatic carbocycles. The van der Waals surface area contributed by atoms with Crippen LogP contribution in [-0.2, 0) is 18.4 Å². The Morgan fingerprint density at radius 1 is 1.46 bits per heavy atom. The third-order valence-corrected chi connectivity index (χ3v) is 6.16.